The predicted molar refractivity (Wildman–Crippen MR) is 129 cm³/mol. The lowest BCUT2D eigenvalue weighted by atomic mass is 10.0. The number of pyridine rings is 1. The van der Waals surface area contributed by atoms with Crippen LogP contribution in [-0.4, -0.2) is 44.7 Å². The van der Waals surface area contributed by atoms with Crippen LogP contribution in [0.3, 0.4) is 0 Å². The third-order valence-corrected chi connectivity index (χ3v) is 5.00. The summed E-state index contributed by atoms with van der Waals surface area (Å²) >= 11 is 0. The summed E-state index contributed by atoms with van der Waals surface area (Å²) in [6, 6.07) is 12.2. The molecule has 0 bridgehead atoms. The van der Waals surface area contributed by atoms with Crippen molar-refractivity contribution in [2.75, 3.05) is 12.1 Å². The third kappa shape index (κ3) is 6.51. The number of ether oxygens (including phenoxy) is 2. The zero-order valence-corrected chi connectivity index (χ0v) is 19.8. The zero-order valence-electron chi connectivity index (χ0n) is 19.8. The molecule has 1 atom stereocenters. The largest absolute Gasteiger partial charge is 0.426 e. The standard InChI is InChI=1S/C25H28N4O6/c1-4-29-23(31)22(27-18-11-8-12-26-14-18)20(21(28-29)17-9-6-5-7-10-17)25(33)35-15-34-24(32)19(30)13-16(2)3/h5-12,14,16,19,27,30H,4,13,15H2,1-3H3/t19-/m0/s1. The minimum atomic E-state index is -1.33. The molecule has 2 N–H and O–H groups in total. The van der Waals surface area contributed by atoms with Gasteiger partial charge in [0, 0.05) is 18.3 Å². The molecule has 10 nitrogen and oxygen atoms in total. The van der Waals surface area contributed by atoms with Crippen LogP contribution < -0.4 is 10.9 Å². The number of carbonyl (C=O) groups excluding carboxylic acids is 2. The van der Waals surface area contributed by atoms with Crippen LogP contribution >= 0.6 is 0 Å². The Kier molecular flexibility index (Phi) is 8.69. The fourth-order valence-electron chi connectivity index (χ4n) is 3.33. The fourth-order valence-corrected chi connectivity index (χ4v) is 3.33. The maximum Gasteiger partial charge on any atom is 0.345 e. The zero-order chi connectivity index (χ0) is 25.4. The molecule has 184 valence electrons. The molecule has 0 spiro atoms. The van der Waals surface area contributed by atoms with E-state index in [9.17, 15) is 19.5 Å². The Bertz CT molecular complexity index is 1210. The van der Waals surface area contributed by atoms with Crippen LogP contribution in [0.4, 0.5) is 11.4 Å². The van der Waals surface area contributed by atoms with Crippen molar-refractivity contribution in [2.24, 2.45) is 5.92 Å². The van der Waals surface area contributed by atoms with Gasteiger partial charge in [0.2, 0.25) is 6.79 Å². The lowest BCUT2D eigenvalue weighted by Gasteiger charge is -2.17. The number of aryl methyl sites for hydroxylation is 1. The van der Waals surface area contributed by atoms with Crippen molar-refractivity contribution in [1.29, 1.82) is 0 Å². The molecular weight excluding hydrogens is 452 g/mol. The highest BCUT2D eigenvalue weighted by Gasteiger charge is 2.26. The first-order valence-corrected chi connectivity index (χ1v) is 11.2. The van der Waals surface area contributed by atoms with Gasteiger partial charge in [0.05, 0.1) is 11.9 Å². The summed E-state index contributed by atoms with van der Waals surface area (Å²) in [5.74, 6) is -1.75. The Morgan fingerprint density at radius 1 is 1.11 bits per heavy atom. The van der Waals surface area contributed by atoms with Crippen molar-refractivity contribution < 1.29 is 24.2 Å². The van der Waals surface area contributed by atoms with Gasteiger partial charge in [-0.05, 0) is 31.4 Å². The van der Waals surface area contributed by atoms with Crippen LogP contribution in [0, 0.1) is 5.92 Å². The van der Waals surface area contributed by atoms with Crippen LogP contribution in [0.1, 0.15) is 37.6 Å². The number of rotatable bonds is 10. The van der Waals surface area contributed by atoms with E-state index in [0.29, 0.717) is 11.3 Å². The van der Waals surface area contributed by atoms with E-state index >= 15 is 0 Å². The number of carbonyl (C=O) groups is 2. The molecule has 0 unspecified atom stereocenters. The SMILES string of the molecule is CCn1nc(-c2ccccc2)c(C(=O)OCOC(=O)[C@@H](O)CC(C)C)c(Nc2cccnc2)c1=O. The van der Waals surface area contributed by atoms with E-state index in [2.05, 4.69) is 15.4 Å². The normalized spacial score (nSPS) is 11.7. The van der Waals surface area contributed by atoms with Gasteiger partial charge >= 0.3 is 11.9 Å². The number of nitrogens with zero attached hydrogens (tertiary/aromatic N) is 3. The second-order valence-corrected chi connectivity index (χ2v) is 8.11. The summed E-state index contributed by atoms with van der Waals surface area (Å²) in [5, 5.41) is 17.2. The molecule has 1 aromatic carbocycles. The van der Waals surface area contributed by atoms with E-state index in [-0.39, 0.29) is 35.8 Å². The van der Waals surface area contributed by atoms with Crippen LogP contribution in [-0.2, 0) is 20.8 Å². The summed E-state index contributed by atoms with van der Waals surface area (Å²) < 4.78 is 11.3. The molecule has 2 heterocycles. The van der Waals surface area contributed by atoms with E-state index in [1.54, 1.807) is 49.5 Å². The van der Waals surface area contributed by atoms with Crippen LogP contribution in [0.5, 0.6) is 0 Å². The Labute approximate surface area is 202 Å². The molecule has 0 aliphatic rings. The summed E-state index contributed by atoms with van der Waals surface area (Å²) in [6.45, 7) is 5.00. The van der Waals surface area contributed by atoms with Gasteiger partial charge in [0.25, 0.3) is 5.56 Å². The van der Waals surface area contributed by atoms with Crippen LogP contribution in [0.25, 0.3) is 11.3 Å². The molecule has 0 aliphatic carbocycles. The first kappa shape index (κ1) is 25.6. The maximum atomic E-state index is 13.2. The van der Waals surface area contributed by atoms with Gasteiger partial charge < -0.3 is 19.9 Å². The quantitative estimate of drug-likeness (QED) is 0.332. The van der Waals surface area contributed by atoms with E-state index in [0.717, 1.165) is 0 Å². The second kappa shape index (κ2) is 11.9. The number of nitrogens with one attached hydrogen (secondary N) is 1. The minimum absolute atomic E-state index is 0.0510. The number of aromatic nitrogens is 3. The van der Waals surface area contributed by atoms with Gasteiger partial charge in [-0.15, -0.1) is 0 Å². The van der Waals surface area contributed by atoms with Crippen molar-refractivity contribution in [1.82, 2.24) is 14.8 Å². The molecule has 0 saturated heterocycles. The van der Waals surface area contributed by atoms with Crippen molar-refractivity contribution in [3.63, 3.8) is 0 Å². The third-order valence-electron chi connectivity index (χ3n) is 5.00. The van der Waals surface area contributed by atoms with E-state index in [1.165, 1.54) is 10.9 Å². The van der Waals surface area contributed by atoms with E-state index < -0.39 is 30.4 Å². The van der Waals surface area contributed by atoms with Gasteiger partial charge in [0.15, 0.2) is 6.10 Å². The second-order valence-electron chi connectivity index (χ2n) is 8.11. The molecule has 35 heavy (non-hydrogen) atoms. The van der Waals surface area contributed by atoms with Gasteiger partial charge in [-0.3, -0.25) is 9.78 Å². The lowest BCUT2D eigenvalue weighted by Crippen LogP contribution is -2.30. The summed E-state index contributed by atoms with van der Waals surface area (Å²) in [6.07, 6.45) is 1.97. The number of hydrogen-bond acceptors (Lipinski definition) is 9. The number of aliphatic hydroxyl groups is 1. The highest BCUT2D eigenvalue weighted by Crippen LogP contribution is 2.27. The molecule has 0 radical (unpaired) electrons. The number of aliphatic hydroxyl groups excluding tert-OH is 1. The minimum Gasteiger partial charge on any atom is -0.426 e. The van der Waals surface area contributed by atoms with Gasteiger partial charge in [-0.1, -0.05) is 44.2 Å². The Morgan fingerprint density at radius 3 is 2.49 bits per heavy atom. The predicted octanol–water partition coefficient (Wildman–Crippen LogP) is 3.13. The van der Waals surface area contributed by atoms with Crippen molar-refractivity contribution in [3.05, 3.63) is 70.8 Å². The number of esters is 2. The Balaban J connectivity index is 1.98. The highest BCUT2D eigenvalue weighted by molar-refractivity contribution is 6.02. The Morgan fingerprint density at radius 2 is 1.86 bits per heavy atom. The molecule has 2 aromatic heterocycles. The highest BCUT2D eigenvalue weighted by atomic mass is 16.7. The van der Waals surface area contributed by atoms with Crippen molar-refractivity contribution in [3.8, 4) is 11.3 Å². The first-order chi connectivity index (χ1) is 16.8. The first-order valence-electron chi connectivity index (χ1n) is 11.2. The van der Waals surface area contributed by atoms with Crippen molar-refractivity contribution >= 4 is 23.3 Å². The number of hydrogen-bond donors (Lipinski definition) is 2. The molecular formula is C25H28N4O6. The Hall–Kier alpha value is -4.05. The van der Waals surface area contributed by atoms with Crippen LogP contribution in [0.15, 0.2) is 59.7 Å². The summed E-state index contributed by atoms with van der Waals surface area (Å²) in [7, 11) is 0. The molecule has 0 aliphatic heterocycles. The van der Waals surface area contributed by atoms with Gasteiger partial charge in [-0.2, -0.15) is 5.10 Å². The average Bonchev–Trinajstić information content (AvgIpc) is 2.85. The number of benzene rings is 1. The topological polar surface area (TPSA) is 133 Å². The monoisotopic (exact) mass is 480 g/mol. The van der Waals surface area contributed by atoms with Gasteiger partial charge in [-0.25, -0.2) is 14.3 Å². The summed E-state index contributed by atoms with van der Waals surface area (Å²) in [4.78, 5) is 42.4. The van der Waals surface area contributed by atoms with E-state index in [4.69, 9.17) is 9.47 Å². The molecule has 10 heteroatoms. The summed E-state index contributed by atoms with van der Waals surface area (Å²) in [5.41, 5.74) is 0.579. The molecule has 3 rings (SSSR count). The number of anilines is 2. The smallest absolute Gasteiger partial charge is 0.345 e. The van der Waals surface area contributed by atoms with Crippen LogP contribution in [0.2, 0.25) is 0 Å². The lowest BCUT2D eigenvalue weighted by molar-refractivity contribution is -0.162. The van der Waals surface area contributed by atoms with E-state index in [1.807, 2.05) is 19.9 Å². The fraction of sp³-hybridized carbons (Fsp3) is 0.320. The maximum absolute atomic E-state index is 13.2. The van der Waals surface area contributed by atoms with Crippen molar-refractivity contribution in [2.45, 2.75) is 39.8 Å². The molecule has 3 aromatic rings. The van der Waals surface area contributed by atoms with Gasteiger partial charge in [0.1, 0.15) is 16.9 Å². The average molecular weight is 481 g/mol. The molecule has 0 amide bonds. The molecule has 0 fully saturated rings. The molecule has 0 saturated carbocycles.